The molecule has 0 saturated heterocycles. The average molecular weight is 337 g/mol. The summed E-state index contributed by atoms with van der Waals surface area (Å²) < 4.78 is 6.76. The quantitative estimate of drug-likeness (QED) is 0.567. The van der Waals surface area contributed by atoms with Crippen molar-refractivity contribution in [3.63, 3.8) is 0 Å². The SMILES string of the molecule is CC(C)(C)[Si](C)(C)OC1C/C(=C\c2ccccc2)c2ccccc21. The second kappa shape index (κ2) is 6.34. The molecule has 3 rings (SSSR count). The fourth-order valence-electron chi connectivity index (χ4n) is 3.01. The maximum Gasteiger partial charge on any atom is 0.192 e. The van der Waals surface area contributed by atoms with Crippen LogP contribution in [0.25, 0.3) is 11.6 Å². The molecule has 0 radical (unpaired) electrons. The summed E-state index contributed by atoms with van der Waals surface area (Å²) in [7, 11) is -1.79. The highest BCUT2D eigenvalue weighted by atomic mass is 28.4. The standard InChI is InChI=1S/C22H28OSi/c1-22(2,3)24(4,5)23-21-16-18(15-17-11-7-6-8-12-17)19-13-9-10-14-20(19)21/h6-15,21H,16H2,1-5H3/b18-15+. The third-order valence-corrected chi connectivity index (χ3v) is 9.93. The first kappa shape index (κ1) is 17.2. The van der Waals surface area contributed by atoms with E-state index in [2.05, 4.69) is 94.5 Å². The zero-order valence-corrected chi connectivity index (χ0v) is 16.5. The molecule has 1 nitrogen and oxygen atoms in total. The molecule has 1 atom stereocenters. The van der Waals surface area contributed by atoms with Crippen LogP contribution in [0.15, 0.2) is 54.6 Å². The van der Waals surface area contributed by atoms with Crippen molar-refractivity contribution in [2.24, 2.45) is 0 Å². The number of fused-ring (bicyclic) bond motifs is 1. The number of rotatable bonds is 3. The second-order valence-electron chi connectivity index (χ2n) is 8.24. The molecular weight excluding hydrogens is 308 g/mol. The number of hydrogen-bond acceptors (Lipinski definition) is 1. The Morgan fingerprint density at radius 1 is 0.958 bits per heavy atom. The smallest absolute Gasteiger partial charge is 0.192 e. The van der Waals surface area contributed by atoms with E-state index in [-0.39, 0.29) is 11.1 Å². The van der Waals surface area contributed by atoms with Crippen molar-refractivity contribution >= 4 is 20.0 Å². The fourth-order valence-corrected chi connectivity index (χ4v) is 4.29. The molecule has 0 heterocycles. The Hall–Kier alpha value is -1.64. The van der Waals surface area contributed by atoms with E-state index in [9.17, 15) is 0 Å². The minimum Gasteiger partial charge on any atom is -0.410 e. The molecular formula is C22H28OSi. The molecule has 0 aromatic heterocycles. The van der Waals surface area contributed by atoms with Crippen molar-refractivity contribution in [3.8, 4) is 0 Å². The van der Waals surface area contributed by atoms with Crippen LogP contribution in [0.2, 0.25) is 18.1 Å². The summed E-state index contributed by atoms with van der Waals surface area (Å²) in [5.41, 5.74) is 5.35. The lowest BCUT2D eigenvalue weighted by Gasteiger charge is -2.38. The summed E-state index contributed by atoms with van der Waals surface area (Å²) in [4.78, 5) is 0. The highest BCUT2D eigenvalue weighted by Crippen LogP contribution is 2.47. The Labute approximate surface area is 147 Å². The van der Waals surface area contributed by atoms with Gasteiger partial charge in [-0.1, -0.05) is 81.4 Å². The van der Waals surface area contributed by atoms with Gasteiger partial charge in [-0.3, -0.25) is 0 Å². The second-order valence-corrected chi connectivity index (χ2v) is 13.0. The van der Waals surface area contributed by atoms with Gasteiger partial charge >= 0.3 is 0 Å². The van der Waals surface area contributed by atoms with Gasteiger partial charge < -0.3 is 4.43 Å². The third-order valence-electron chi connectivity index (χ3n) is 5.44. The Kier molecular flexibility index (Phi) is 4.54. The Bertz CT molecular complexity index is 738. The normalized spacial score (nSPS) is 19.5. The summed E-state index contributed by atoms with van der Waals surface area (Å²) in [5, 5.41) is 0.230. The Morgan fingerprint density at radius 2 is 1.58 bits per heavy atom. The van der Waals surface area contributed by atoms with E-state index in [4.69, 9.17) is 4.43 Å². The van der Waals surface area contributed by atoms with Gasteiger partial charge in [-0.25, -0.2) is 0 Å². The van der Waals surface area contributed by atoms with Crippen LogP contribution in [-0.2, 0) is 4.43 Å². The van der Waals surface area contributed by atoms with Gasteiger partial charge in [0.1, 0.15) is 0 Å². The number of hydrogen-bond donors (Lipinski definition) is 0. The van der Waals surface area contributed by atoms with Crippen LogP contribution in [0.5, 0.6) is 0 Å². The molecule has 2 aromatic rings. The first-order valence-corrected chi connectivity index (χ1v) is 11.7. The molecule has 126 valence electrons. The van der Waals surface area contributed by atoms with Crippen LogP contribution >= 0.6 is 0 Å². The lowest BCUT2D eigenvalue weighted by atomic mass is 10.0. The van der Waals surface area contributed by atoms with Crippen molar-refractivity contribution in [2.45, 2.75) is 51.4 Å². The average Bonchev–Trinajstić information content (AvgIpc) is 2.85. The van der Waals surface area contributed by atoms with Gasteiger partial charge in [0.05, 0.1) is 6.10 Å². The first-order valence-electron chi connectivity index (χ1n) is 8.81. The first-order chi connectivity index (χ1) is 11.3. The monoisotopic (exact) mass is 336 g/mol. The summed E-state index contributed by atoms with van der Waals surface area (Å²) in [6.45, 7) is 11.6. The predicted octanol–water partition coefficient (Wildman–Crippen LogP) is 6.69. The van der Waals surface area contributed by atoms with Crippen molar-refractivity contribution in [1.82, 2.24) is 0 Å². The van der Waals surface area contributed by atoms with Crippen LogP contribution in [0.3, 0.4) is 0 Å². The lowest BCUT2D eigenvalue weighted by molar-refractivity contribution is 0.195. The van der Waals surface area contributed by atoms with E-state index in [1.165, 1.54) is 22.3 Å². The van der Waals surface area contributed by atoms with E-state index in [1.807, 2.05) is 0 Å². The fraction of sp³-hybridized carbons (Fsp3) is 0.364. The largest absolute Gasteiger partial charge is 0.410 e. The minimum absolute atomic E-state index is 0.192. The van der Waals surface area contributed by atoms with E-state index in [0.29, 0.717) is 0 Å². The highest BCUT2D eigenvalue weighted by molar-refractivity contribution is 6.74. The molecule has 0 amide bonds. The van der Waals surface area contributed by atoms with Crippen molar-refractivity contribution in [3.05, 3.63) is 71.3 Å². The summed E-state index contributed by atoms with van der Waals surface area (Å²) in [6, 6.07) is 19.3. The molecule has 0 saturated carbocycles. The van der Waals surface area contributed by atoms with Crippen LogP contribution in [-0.4, -0.2) is 8.32 Å². The molecule has 1 unspecified atom stereocenters. The topological polar surface area (TPSA) is 9.23 Å². The van der Waals surface area contributed by atoms with E-state index in [1.54, 1.807) is 0 Å². The molecule has 2 heteroatoms. The third kappa shape index (κ3) is 3.40. The van der Waals surface area contributed by atoms with E-state index < -0.39 is 8.32 Å². The zero-order valence-electron chi connectivity index (χ0n) is 15.5. The molecule has 2 aromatic carbocycles. The van der Waals surface area contributed by atoms with Gasteiger partial charge in [-0.05, 0) is 40.4 Å². The maximum atomic E-state index is 6.76. The van der Waals surface area contributed by atoms with Gasteiger partial charge in [0.25, 0.3) is 0 Å². The molecule has 1 aliphatic rings. The number of benzene rings is 2. The van der Waals surface area contributed by atoms with Gasteiger partial charge in [0.15, 0.2) is 8.32 Å². The lowest BCUT2D eigenvalue weighted by Crippen LogP contribution is -2.41. The maximum absolute atomic E-state index is 6.76. The van der Waals surface area contributed by atoms with Crippen LogP contribution in [0, 0.1) is 0 Å². The van der Waals surface area contributed by atoms with Crippen LogP contribution < -0.4 is 0 Å². The predicted molar refractivity (Wildman–Crippen MR) is 106 cm³/mol. The minimum atomic E-state index is -1.79. The van der Waals surface area contributed by atoms with E-state index in [0.717, 1.165) is 6.42 Å². The molecule has 1 aliphatic carbocycles. The summed E-state index contributed by atoms with van der Waals surface area (Å²) in [6.07, 6.45) is 3.48. The van der Waals surface area contributed by atoms with E-state index >= 15 is 0 Å². The van der Waals surface area contributed by atoms with Gasteiger partial charge in [-0.15, -0.1) is 0 Å². The molecule has 0 N–H and O–H groups in total. The summed E-state index contributed by atoms with van der Waals surface area (Å²) >= 11 is 0. The highest BCUT2D eigenvalue weighted by Gasteiger charge is 2.41. The van der Waals surface area contributed by atoms with Crippen molar-refractivity contribution < 1.29 is 4.43 Å². The molecule has 0 fully saturated rings. The van der Waals surface area contributed by atoms with Gasteiger partial charge in [0.2, 0.25) is 0 Å². The van der Waals surface area contributed by atoms with Gasteiger partial charge in [-0.2, -0.15) is 0 Å². The van der Waals surface area contributed by atoms with Crippen LogP contribution in [0.1, 0.15) is 50.0 Å². The van der Waals surface area contributed by atoms with Crippen molar-refractivity contribution in [1.29, 1.82) is 0 Å². The Morgan fingerprint density at radius 3 is 2.25 bits per heavy atom. The molecule has 0 spiro atoms. The van der Waals surface area contributed by atoms with Crippen LogP contribution in [0.4, 0.5) is 0 Å². The summed E-state index contributed by atoms with van der Waals surface area (Å²) in [5.74, 6) is 0. The van der Waals surface area contributed by atoms with Gasteiger partial charge in [0, 0.05) is 6.42 Å². The molecule has 0 aliphatic heterocycles. The molecule has 0 bridgehead atoms. The zero-order chi connectivity index (χ0) is 17.4. The Balaban J connectivity index is 1.94. The van der Waals surface area contributed by atoms with Crippen molar-refractivity contribution in [2.75, 3.05) is 0 Å². The molecule has 24 heavy (non-hydrogen) atoms.